The van der Waals surface area contributed by atoms with E-state index in [-0.39, 0.29) is 23.9 Å². The molecule has 2 aromatic heterocycles. The number of piperazine rings is 1. The Morgan fingerprint density at radius 1 is 1.21 bits per heavy atom. The Balaban J connectivity index is 1.75. The van der Waals surface area contributed by atoms with Crippen molar-refractivity contribution in [2.75, 3.05) is 26.2 Å². The number of nitrogens with one attached hydrogen (secondary N) is 1. The summed E-state index contributed by atoms with van der Waals surface area (Å²) in [4.78, 5) is 17.1. The largest absolute Gasteiger partial charge is 0.367 e. The Morgan fingerprint density at radius 2 is 1.88 bits per heavy atom. The Morgan fingerprint density at radius 3 is 2.38 bits per heavy atom. The molecule has 1 aliphatic heterocycles. The molecule has 0 saturated carbocycles. The van der Waals surface area contributed by atoms with Gasteiger partial charge >= 0.3 is 0 Å². The van der Waals surface area contributed by atoms with Crippen LogP contribution in [0.5, 0.6) is 0 Å². The summed E-state index contributed by atoms with van der Waals surface area (Å²) in [5, 5.41) is 4.19. The highest BCUT2D eigenvalue weighted by molar-refractivity contribution is 7.89. The highest BCUT2D eigenvalue weighted by atomic mass is 32.2. The Kier molecular flexibility index (Phi) is 4.22. The summed E-state index contributed by atoms with van der Waals surface area (Å²) >= 11 is 0. The van der Waals surface area contributed by atoms with Gasteiger partial charge in [0.15, 0.2) is 0 Å². The van der Waals surface area contributed by atoms with Crippen LogP contribution in [0.15, 0.2) is 23.4 Å². The second kappa shape index (κ2) is 6.06. The van der Waals surface area contributed by atoms with Crippen molar-refractivity contribution in [3.8, 4) is 0 Å². The van der Waals surface area contributed by atoms with Crippen molar-refractivity contribution in [1.29, 1.82) is 0 Å². The fourth-order valence-corrected chi connectivity index (χ4v) is 4.85. The topological polar surface area (TPSA) is 91.3 Å². The molecule has 8 nitrogen and oxygen atoms in total. The molecule has 9 heteroatoms. The molecule has 1 N–H and O–H groups in total. The zero-order valence-corrected chi connectivity index (χ0v) is 14.8. The number of hydrogen-bond donors (Lipinski definition) is 1. The van der Waals surface area contributed by atoms with E-state index in [9.17, 15) is 13.2 Å². The van der Waals surface area contributed by atoms with Crippen LogP contribution < -0.4 is 0 Å². The molecule has 1 amide bonds. The highest BCUT2D eigenvalue weighted by Gasteiger charge is 2.34. The van der Waals surface area contributed by atoms with Gasteiger partial charge in [-0.05, 0) is 19.9 Å². The third-order valence-corrected chi connectivity index (χ3v) is 6.56. The molecule has 2 aromatic rings. The Hall–Kier alpha value is -2.13. The van der Waals surface area contributed by atoms with Crippen molar-refractivity contribution in [2.24, 2.45) is 7.05 Å². The Labute approximate surface area is 141 Å². The minimum Gasteiger partial charge on any atom is -0.367 e. The SMILES string of the molecule is Cc1nn(C)c(C)c1S(=O)(=O)N1CCN(C(=O)c2cc[nH]c2)CC1. The molecule has 0 atom stereocenters. The van der Waals surface area contributed by atoms with Crippen molar-refractivity contribution < 1.29 is 13.2 Å². The van der Waals surface area contributed by atoms with Gasteiger partial charge in [0.1, 0.15) is 4.90 Å². The number of sulfonamides is 1. The summed E-state index contributed by atoms with van der Waals surface area (Å²) in [5.41, 5.74) is 1.71. The number of aryl methyl sites for hydroxylation is 2. The molecule has 1 aliphatic rings. The van der Waals surface area contributed by atoms with E-state index in [1.807, 2.05) is 0 Å². The monoisotopic (exact) mass is 351 g/mol. The predicted molar refractivity (Wildman–Crippen MR) is 88.1 cm³/mol. The van der Waals surface area contributed by atoms with Crippen molar-refractivity contribution in [1.82, 2.24) is 24.0 Å². The molecule has 24 heavy (non-hydrogen) atoms. The molecule has 0 aliphatic carbocycles. The van der Waals surface area contributed by atoms with E-state index in [1.54, 1.807) is 48.9 Å². The molecular weight excluding hydrogens is 330 g/mol. The van der Waals surface area contributed by atoms with Gasteiger partial charge in [-0.2, -0.15) is 9.40 Å². The van der Waals surface area contributed by atoms with Gasteiger partial charge in [0.25, 0.3) is 5.91 Å². The first-order valence-corrected chi connectivity index (χ1v) is 9.19. The lowest BCUT2D eigenvalue weighted by molar-refractivity contribution is 0.0698. The van der Waals surface area contributed by atoms with Crippen molar-refractivity contribution in [3.63, 3.8) is 0 Å². The van der Waals surface area contributed by atoms with Gasteiger partial charge in [-0.15, -0.1) is 0 Å². The number of hydrogen-bond acceptors (Lipinski definition) is 4. The van der Waals surface area contributed by atoms with Crippen LogP contribution in [0.3, 0.4) is 0 Å². The van der Waals surface area contributed by atoms with Crippen molar-refractivity contribution >= 4 is 15.9 Å². The summed E-state index contributed by atoms with van der Waals surface area (Å²) in [5.74, 6) is -0.0814. The fraction of sp³-hybridized carbons (Fsp3) is 0.467. The van der Waals surface area contributed by atoms with Crippen molar-refractivity contribution in [3.05, 3.63) is 35.4 Å². The van der Waals surface area contributed by atoms with E-state index in [2.05, 4.69) is 10.1 Å². The first kappa shape index (κ1) is 16.7. The number of carbonyl (C=O) groups is 1. The third kappa shape index (κ3) is 2.73. The van der Waals surface area contributed by atoms with Crippen LogP contribution in [0.4, 0.5) is 0 Å². The molecule has 3 heterocycles. The van der Waals surface area contributed by atoms with Gasteiger partial charge < -0.3 is 9.88 Å². The normalized spacial score (nSPS) is 16.5. The third-order valence-electron chi connectivity index (χ3n) is 4.41. The molecular formula is C15H21N5O3S. The molecule has 3 rings (SSSR count). The quantitative estimate of drug-likeness (QED) is 0.872. The van der Waals surface area contributed by atoms with E-state index in [0.29, 0.717) is 30.0 Å². The van der Waals surface area contributed by atoms with Gasteiger partial charge in [0, 0.05) is 45.6 Å². The fourth-order valence-electron chi connectivity index (χ4n) is 3.03. The lowest BCUT2D eigenvalue weighted by Gasteiger charge is -2.33. The minimum absolute atomic E-state index is 0.0814. The average molecular weight is 351 g/mol. The second-order valence-corrected chi connectivity index (χ2v) is 7.79. The summed E-state index contributed by atoms with van der Waals surface area (Å²) in [7, 11) is -1.87. The predicted octanol–water partition coefficient (Wildman–Crippen LogP) is 0.512. The van der Waals surface area contributed by atoms with E-state index in [1.165, 1.54) is 4.31 Å². The zero-order chi connectivity index (χ0) is 17.5. The summed E-state index contributed by atoms with van der Waals surface area (Å²) in [6, 6.07) is 1.72. The van der Waals surface area contributed by atoms with Gasteiger partial charge in [-0.1, -0.05) is 0 Å². The Bertz CT molecular complexity index is 846. The lowest BCUT2D eigenvalue weighted by atomic mass is 10.2. The maximum Gasteiger partial charge on any atom is 0.255 e. The lowest BCUT2D eigenvalue weighted by Crippen LogP contribution is -2.50. The molecule has 0 aromatic carbocycles. The summed E-state index contributed by atoms with van der Waals surface area (Å²) in [6.45, 7) is 4.77. The van der Waals surface area contributed by atoms with Crippen LogP contribution in [-0.2, 0) is 17.1 Å². The van der Waals surface area contributed by atoms with Gasteiger partial charge in [-0.25, -0.2) is 8.42 Å². The van der Waals surface area contributed by atoms with Crippen LogP contribution in [0.25, 0.3) is 0 Å². The molecule has 0 spiro atoms. The number of amides is 1. The van der Waals surface area contributed by atoms with Crippen LogP contribution in [0, 0.1) is 13.8 Å². The van der Waals surface area contributed by atoms with E-state index < -0.39 is 10.0 Å². The number of aromatic amines is 1. The molecule has 0 unspecified atom stereocenters. The molecule has 1 fully saturated rings. The standard InChI is InChI=1S/C15H21N5O3S/c1-11-14(12(2)18(3)17-11)24(22,23)20-8-6-19(7-9-20)15(21)13-4-5-16-10-13/h4-5,10,16H,6-9H2,1-3H3. The minimum atomic E-state index is -3.60. The van der Waals surface area contributed by atoms with Gasteiger partial charge in [0.05, 0.1) is 17.0 Å². The van der Waals surface area contributed by atoms with Gasteiger partial charge in [0.2, 0.25) is 10.0 Å². The molecule has 0 bridgehead atoms. The number of H-pyrrole nitrogens is 1. The summed E-state index contributed by atoms with van der Waals surface area (Å²) in [6.07, 6.45) is 3.34. The van der Waals surface area contributed by atoms with Crippen molar-refractivity contribution in [2.45, 2.75) is 18.7 Å². The van der Waals surface area contributed by atoms with Gasteiger partial charge in [-0.3, -0.25) is 9.48 Å². The maximum absolute atomic E-state index is 12.9. The first-order valence-electron chi connectivity index (χ1n) is 7.75. The van der Waals surface area contributed by atoms with E-state index in [0.717, 1.165) is 0 Å². The molecule has 1 saturated heterocycles. The smallest absolute Gasteiger partial charge is 0.255 e. The summed E-state index contributed by atoms with van der Waals surface area (Å²) < 4.78 is 28.8. The number of nitrogens with zero attached hydrogens (tertiary/aromatic N) is 4. The first-order chi connectivity index (χ1) is 11.3. The number of aromatic nitrogens is 3. The molecule has 130 valence electrons. The molecule has 0 radical (unpaired) electrons. The van der Waals surface area contributed by atoms with Crippen LogP contribution in [0.1, 0.15) is 21.7 Å². The zero-order valence-electron chi connectivity index (χ0n) is 14.0. The maximum atomic E-state index is 12.9. The average Bonchev–Trinajstić information content (AvgIpc) is 3.16. The second-order valence-electron chi connectivity index (χ2n) is 5.92. The number of carbonyl (C=O) groups excluding carboxylic acids is 1. The van der Waals surface area contributed by atoms with Crippen LogP contribution in [-0.4, -0.2) is 64.5 Å². The van der Waals surface area contributed by atoms with E-state index >= 15 is 0 Å². The van der Waals surface area contributed by atoms with E-state index in [4.69, 9.17) is 0 Å². The van der Waals surface area contributed by atoms with Crippen LogP contribution in [0.2, 0.25) is 0 Å². The highest BCUT2D eigenvalue weighted by Crippen LogP contribution is 2.24. The number of rotatable bonds is 3. The van der Waals surface area contributed by atoms with Crippen LogP contribution >= 0.6 is 0 Å².